The highest BCUT2D eigenvalue weighted by molar-refractivity contribution is 5.85. The summed E-state index contributed by atoms with van der Waals surface area (Å²) >= 11 is 0. The van der Waals surface area contributed by atoms with Gasteiger partial charge in [-0.15, -0.1) is 12.4 Å². The fourth-order valence-corrected chi connectivity index (χ4v) is 0.944. The van der Waals surface area contributed by atoms with Crippen LogP contribution in [0.2, 0.25) is 0 Å². The summed E-state index contributed by atoms with van der Waals surface area (Å²) in [4.78, 5) is 11.0. The monoisotopic (exact) mass is 238 g/mol. The number of ether oxygens (including phenoxy) is 1. The molecule has 0 aliphatic carbocycles. The lowest BCUT2D eigenvalue weighted by molar-refractivity contribution is -0.120. The third-order valence-corrected chi connectivity index (χ3v) is 1.58. The third-order valence-electron chi connectivity index (χ3n) is 1.58. The van der Waals surface area contributed by atoms with Crippen molar-refractivity contribution >= 4 is 18.3 Å². The summed E-state index contributed by atoms with van der Waals surface area (Å²) in [5.74, 6) is 0.616. The van der Waals surface area contributed by atoms with Gasteiger partial charge in [0.2, 0.25) is 5.91 Å². The van der Waals surface area contributed by atoms with E-state index in [1.807, 2.05) is 0 Å². The molecule has 0 unspecified atom stereocenters. The van der Waals surface area contributed by atoms with Gasteiger partial charge in [0.05, 0.1) is 6.54 Å². The second-order valence-corrected chi connectivity index (χ2v) is 3.70. The molecule has 1 amide bonds. The lowest BCUT2D eigenvalue weighted by atomic mass is 10.2. The van der Waals surface area contributed by atoms with Crippen LogP contribution < -0.4 is 10.6 Å². The van der Waals surface area contributed by atoms with E-state index in [-0.39, 0.29) is 18.3 Å². The summed E-state index contributed by atoms with van der Waals surface area (Å²) in [6.07, 6.45) is 0.877. The van der Waals surface area contributed by atoms with E-state index in [9.17, 15) is 4.79 Å². The minimum absolute atomic E-state index is 0. The van der Waals surface area contributed by atoms with Crippen molar-refractivity contribution < 1.29 is 9.53 Å². The molecule has 0 radical (unpaired) electrons. The highest BCUT2D eigenvalue weighted by Gasteiger charge is 1.97. The molecule has 0 saturated carbocycles. The van der Waals surface area contributed by atoms with Crippen molar-refractivity contribution in [2.75, 3.05) is 33.4 Å². The van der Waals surface area contributed by atoms with Gasteiger partial charge in [-0.2, -0.15) is 0 Å². The molecular weight excluding hydrogens is 216 g/mol. The Hall–Kier alpha value is -0.320. The molecule has 0 atom stereocenters. The minimum Gasteiger partial charge on any atom is -0.381 e. The van der Waals surface area contributed by atoms with Crippen LogP contribution in [-0.4, -0.2) is 39.3 Å². The van der Waals surface area contributed by atoms with Gasteiger partial charge in [0, 0.05) is 19.8 Å². The van der Waals surface area contributed by atoms with Gasteiger partial charge in [-0.25, -0.2) is 0 Å². The number of carbonyl (C=O) groups is 1. The molecule has 0 bridgehead atoms. The fraction of sp³-hybridized carbons (Fsp3) is 0.900. The van der Waals surface area contributed by atoms with Gasteiger partial charge in [0.1, 0.15) is 0 Å². The zero-order valence-corrected chi connectivity index (χ0v) is 10.7. The Kier molecular flexibility index (Phi) is 13.4. The summed E-state index contributed by atoms with van der Waals surface area (Å²) in [7, 11) is 1.76. The molecule has 0 aromatic heterocycles. The van der Waals surface area contributed by atoms with Crippen LogP contribution in [0.15, 0.2) is 0 Å². The van der Waals surface area contributed by atoms with Crippen LogP contribution in [-0.2, 0) is 9.53 Å². The first-order valence-corrected chi connectivity index (χ1v) is 5.16. The van der Waals surface area contributed by atoms with Crippen molar-refractivity contribution in [1.29, 1.82) is 0 Å². The Bertz CT molecular complexity index is 154. The maximum Gasteiger partial charge on any atom is 0.233 e. The number of nitrogens with one attached hydrogen (secondary N) is 2. The Morgan fingerprint density at radius 2 is 2.07 bits per heavy atom. The van der Waals surface area contributed by atoms with Crippen LogP contribution in [0.25, 0.3) is 0 Å². The van der Waals surface area contributed by atoms with Crippen molar-refractivity contribution in [3.05, 3.63) is 0 Å². The Morgan fingerprint density at radius 3 is 2.60 bits per heavy atom. The summed E-state index contributed by atoms with van der Waals surface area (Å²) in [6.45, 7) is 6.83. The lowest BCUT2D eigenvalue weighted by Gasteiger charge is -2.07. The predicted molar refractivity (Wildman–Crippen MR) is 64.5 cm³/mol. The number of hydrogen-bond donors (Lipinski definition) is 2. The van der Waals surface area contributed by atoms with Crippen molar-refractivity contribution in [1.82, 2.24) is 10.6 Å². The van der Waals surface area contributed by atoms with E-state index >= 15 is 0 Å². The zero-order valence-electron chi connectivity index (χ0n) is 9.84. The van der Waals surface area contributed by atoms with Gasteiger partial charge in [0.25, 0.3) is 0 Å². The fourth-order valence-electron chi connectivity index (χ4n) is 0.944. The number of halogens is 1. The topological polar surface area (TPSA) is 50.4 Å². The first-order valence-electron chi connectivity index (χ1n) is 5.16. The zero-order chi connectivity index (χ0) is 10.8. The second-order valence-electron chi connectivity index (χ2n) is 3.70. The van der Waals surface area contributed by atoms with E-state index in [4.69, 9.17) is 4.74 Å². The quantitative estimate of drug-likeness (QED) is 0.616. The van der Waals surface area contributed by atoms with Gasteiger partial charge in [0.15, 0.2) is 0 Å². The molecule has 0 fully saturated rings. The van der Waals surface area contributed by atoms with Gasteiger partial charge >= 0.3 is 0 Å². The van der Waals surface area contributed by atoms with E-state index in [2.05, 4.69) is 24.5 Å². The van der Waals surface area contributed by atoms with Crippen LogP contribution in [0, 0.1) is 5.92 Å². The first kappa shape index (κ1) is 17.1. The van der Waals surface area contributed by atoms with Crippen LogP contribution in [0.3, 0.4) is 0 Å². The normalized spacial score (nSPS) is 9.87. The van der Waals surface area contributed by atoms with Gasteiger partial charge in [-0.1, -0.05) is 13.8 Å². The number of amides is 1. The predicted octanol–water partition coefficient (Wildman–Crippen LogP) is 0.806. The summed E-state index contributed by atoms with van der Waals surface area (Å²) < 4.78 is 5.37. The van der Waals surface area contributed by atoms with Gasteiger partial charge in [-0.05, 0) is 19.4 Å². The van der Waals surface area contributed by atoms with Crippen LogP contribution in [0.1, 0.15) is 20.3 Å². The molecule has 0 aromatic rings. The number of likely N-dealkylation sites (N-methyl/N-ethyl adjacent to an activating group) is 1. The minimum atomic E-state index is 0. The molecule has 0 rings (SSSR count). The molecule has 92 valence electrons. The van der Waals surface area contributed by atoms with Crippen LogP contribution >= 0.6 is 12.4 Å². The number of rotatable bonds is 8. The maximum atomic E-state index is 11.0. The Morgan fingerprint density at radius 1 is 1.40 bits per heavy atom. The van der Waals surface area contributed by atoms with Gasteiger partial charge < -0.3 is 15.4 Å². The van der Waals surface area contributed by atoms with E-state index in [0.29, 0.717) is 19.0 Å². The SMILES string of the molecule is CNCC(=O)NCCCOCC(C)C.Cl. The number of hydrogen-bond acceptors (Lipinski definition) is 3. The molecule has 2 N–H and O–H groups in total. The molecule has 0 heterocycles. The third kappa shape index (κ3) is 13.7. The smallest absolute Gasteiger partial charge is 0.233 e. The summed E-state index contributed by atoms with van der Waals surface area (Å²) in [6, 6.07) is 0. The number of carbonyl (C=O) groups excluding carboxylic acids is 1. The second kappa shape index (κ2) is 11.8. The molecular formula is C10H23ClN2O2. The average molecular weight is 239 g/mol. The van der Waals surface area contributed by atoms with Crippen molar-refractivity contribution in [2.45, 2.75) is 20.3 Å². The van der Waals surface area contributed by atoms with Gasteiger partial charge in [-0.3, -0.25) is 4.79 Å². The largest absolute Gasteiger partial charge is 0.381 e. The van der Waals surface area contributed by atoms with E-state index in [1.165, 1.54) is 0 Å². The molecule has 15 heavy (non-hydrogen) atoms. The Balaban J connectivity index is 0. The first-order chi connectivity index (χ1) is 6.66. The molecule has 4 nitrogen and oxygen atoms in total. The lowest BCUT2D eigenvalue weighted by Crippen LogP contribution is -2.33. The Labute approximate surface area is 98.6 Å². The highest BCUT2D eigenvalue weighted by Crippen LogP contribution is 1.92. The molecule has 0 aromatic carbocycles. The van der Waals surface area contributed by atoms with Crippen molar-refractivity contribution in [3.63, 3.8) is 0 Å². The van der Waals surface area contributed by atoms with E-state index in [0.717, 1.165) is 19.6 Å². The van der Waals surface area contributed by atoms with Crippen LogP contribution in [0.5, 0.6) is 0 Å². The van der Waals surface area contributed by atoms with E-state index < -0.39 is 0 Å². The van der Waals surface area contributed by atoms with Crippen LogP contribution in [0.4, 0.5) is 0 Å². The molecule has 5 heteroatoms. The average Bonchev–Trinajstić information content (AvgIpc) is 2.11. The van der Waals surface area contributed by atoms with Crippen molar-refractivity contribution in [2.24, 2.45) is 5.92 Å². The summed E-state index contributed by atoms with van der Waals surface area (Å²) in [5.41, 5.74) is 0. The molecule has 0 spiro atoms. The molecule has 0 saturated heterocycles. The molecule has 0 aliphatic rings. The molecule has 0 aliphatic heterocycles. The van der Waals surface area contributed by atoms with E-state index in [1.54, 1.807) is 7.05 Å². The highest BCUT2D eigenvalue weighted by atomic mass is 35.5. The summed E-state index contributed by atoms with van der Waals surface area (Å²) in [5, 5.41) is 5.58. The van der Waals surface area contributed by atoms with Crippen molar-refractivity contribution in [3.8, 4) is 0 Å². The standard InChI is InChI=1S/C10H22N2O2.ClH/c1-9(2)8-14-6-4-5-12-10(13)7-11-3;/h9,11H,4-8H2,1-3H3,(H,12,13);1H. The maximum absolute atomic E-state index is 11.0.